The van der Waals surface area contributed by atoms with Crippen LogP contribution < -0.4 is 4.90 Å². The van der Waals surface area contributed by atoms with Gasteiger partial charge >= 0.3 is 0 Å². The SMILES string of the molecule is CCCCCCC(/C=C/c1ccc(N(C)C)cc1)=N\O. The molecule has 1 aromatic carbocycles. The standard InChI is InChI=1S/C17H26N2O/c1-4-5-6-7-8-16(18-20)12-9-15-10-13-17(14-11-15)19(2)3/h9-14,20H,4-8H2,1-3H3/b12-9+,18-16+. The molecule has 0 spiro atoms. The Labute approximate surface area is 122 Å². The van der Waals surface area contributed by atoms with Crippen molar-refractivity contribution in [2.45, 2.75) is 39.0 Å². The number of allylic oxidation sites excluding steroid dienone is 1. The maximum Gasteiger partial charge on any atom is 0.0795 e. The Hall–Kier alpha value is -1.77. The van der Waals surface area contributed by atoms with E-state index < -0.39 is 0 Å². The predicted molar refractivity (Wildman–Crippen MR) is 87.8 cm³/mol. The van der Waals surface area contributed by atoms with Crippen LogP contribution in [0.3, 0.4) is 0 Å². The smallest absolute Gasteiger partial charge is 0.0795 e. The second kappa shape index (κ2) is 9.18. The lowest BCUT2D eigenvalue weighted by Crippen LogP contribution is -2.07. The van der Waals surface area contributed by atoms with E-state index in [1.165, 1.54) is 24.9 Å². The number of oxime groups is 1. The molecule has 0 saturated heterocycles. The van der Waals surface area contributed by atoms with Gasteiger partial charge in [-0.05, 0) is 36.6 Å². The molecule has 0 aliphatic rings. The van der Waals surface area contributed by atoms with Crippen LogP contribution in [0.2, 0.25) is 0 Å². The van der Waals surface area contributed by atoms with Gasteiger partial charge in [0.15, 0.2) is 0 Å². The molecule has 0 atom stereocenters. The molecule has 0 radical (unpaired) electrons. The molecule has 0 aromatic heterocycles. The van der Waals surface area contributed by atoms with E-state index in [1.807, 2.05) is 26.2 Å². The molecule has 0 bridgehead atoms. The average molecular weight is 274 g/mol. The highest BCUT2D eigenvalue weighted by Crippen LogP contribution is 2.13. The predicted octanol–water partition coefficient (Wildman–Crippen LogP) is 4.57. The largest absolute Gasteiger partial charge is 0.411 e. The van der Waals surface area contributed by atoms with Gasteiger partial charge in [-0.15, -0.1) is 0 Å². The molecule has 3 heteroatoms. The zero-order valence-electron chi connectivity index (χ0n) is 12.8. The Morgan fingerprint density at radius 1 is 1.15 bits per heavy atom. The summed E-state index contributed by atoms with van der Waals surface area (Å²) in [5, 5.41) is 12.4. The number of hydrogen-bond acceptors (Lipinski definition) is 3. The molecule has 0 aliphatic carbocycles. The average Bonchev–Trinajstić information content (AvgIpc) is 2.47. The summed E-state index contributed by atoms with van der Waals surface area (Å²) in [5.41, 5.74) is 3.04. The van der Waals surface area contributed by atoms with Crippen LogP contribution >= 0.6 is 0 Å². The molecule has 1 rings (SSSR count). The summed E-state index contributed by atoms with van der Waals surface area (Å²) in [4.78, 5) is 2.07. The summed E-state index contributed by atoms with van der Waals surface area (Å²) in [6, 6.07) is 8.29. The van der Waals surface area contributed by atoms with Crippen molar-refractivity contribution in [2.24, 2.45) is 5.16 Å². The Bertz CT molecular complexity index is 433. The number of anilines is 1. The lowest BCUT2D eigenvalue weighted by molar-refractivity contribution is 0.318. The zero-order chi connectivity index (χ0) is 14.8. The molecular formula is C17H26N2O. The normalized spacial score (nSPS) is 12.1. The van der Waals surface area contributed by atoms with Crippen molar-refractivity contribution < 1.29 is 5.21 Å². The van der Waals surface area contributed by atoms with Gasteiger partial charge < -0.3 is 10.1 Å². The first kappa shape index (κ1) is 16.3. The van der Waals surface area contributed by atoms with E-state index in [9.17, 15) is 0 Å². The summed E-state index contributed by atoms with van der Waals surface area (Å²) in [5.74, 6) is 0. The number of unbranched alkanes of at least 4 members (excludes halogenated alkanes) is 3. The molecule has 3 nitrogen and oxygen atoms in total. The summed E-state index contributed by atoms with van der Waals surface area (Å²) in [6.45, 7) is 2.19. The third-order valence-corrected chi connectivity index (χ3v) is 3.29. The van der Waals surface area contributed by atoms with Crippen LogP contribution in [0.1, 0.15) is 44.6 Å². The Kier molecular flexibility index (Phi) is 7.48. The van der Waals surface area contributed by atoms with Crippen LogP contribution in [0.5, 0.6) is 0 Å². The van der Waals surface area contributed by atoms with Gasteiger partial charge in [-0.1, -0.05) is 49.6 Å². The molecule has 1 N–H and O–H groups in total. The van der Waals surface area contributed by atoms with Crippen molar-refractivity contribution in [3.05, 3.63) is 35.9 Å². The highest BCUT2D eigenvalue weighted by atomic mass is 16.4. The van der Waals surface area contributed by atoms with Crippen LogP contribution in [0, 0.1) is 0 Å². The van der Waals surface area contributed by atoms with Gasteiger partial charge in [-0.2, -0.15) is 0 Å². The molecular weight excluding hydrogens is 248 g/mol. The van der Waals surface area contributed by atoms with Crippen LogP contribution in [0.25, 0.3) is 6.08 Å². The van der Waals surface area contributed by atoms with Gasteiger partial charge in [0.25, 0.3) is 0 Å². The number of benzene rings is 1. The van der Waals surface area contributed by atoms with Gasteiger partial charge in [0.2, 0.25) is 0 Å². The zero-order valence-corrected chi connectivity index (χ0v) is 12.8. The first-order valence-corrected chi connectivity index (χ1v) is 7.33. The lowest BCUT2D eigenvalue weighted by atomic mass is 10.1. The van der Waals surface area contributed by atoms with Crippen molar-refractivity contribution in [1.29, 1.82) is 0 Å². The van der Waals surface area contributed by atoms with E-state index in [2.05, 4.69) is 41.2 Å². The molecule has 0 fully saturated rings. The van der Waals surface area contributed by atoms with Gasteiger partial charge in [0.1, 0.15) is 0 Å². The second-order valence-electron chi connectivity index (χ2n) is 5.22. The topological polar surface area (TPSA) is 35.8 Å². The molecule has 20 heavy (non-hydrogen) atoms. The second-order valence-corrected chi connectivity index (χ2v) is 5.22. The molecule has 1 aromatic rings. The van der Waals surface area contributed by atoms with E-state index in [0.29, 0.717) is 0 Å². The van der Waals surface area contributed by atoms with Crippen molar-refractivity contribution in [1.82, 2.24) is 0 Å². The first-order chi connectivity index (χ1) is 9.67. The van der Waals surface area contributed by atoms with Crippen LogP contribution in [-0.2, 0) is 0 Å². The Balaban J connectivity index is 2.52. The fourth-order valence-corrected chi connectivity index (χ4v) is 1.98. The third kappa shape index (κ3) is 5.91. The van der Waals surface area contributed by atoms with E-state index in [1.54, 1.807) is 0 Å². The number of nitrogens with zero attached hydrogens (tertiary/aromatic N) is 2. The van der Waals surface area contributed by atoms with Crippen molar-refractivity contribution in [3.63, 3.8) is 0 Å². The minimum Gasteiger partial charge on any atom is -0.411 e. The van der Waals surface area contributed by atoms with Crippen LogP contribution in [0.15, 0.2) is 35.5 Å². The number of hydrogen-bond donors (Lipinski definition) is 1. The monoisotopic (exact) mass is 274 g/mol. The first-order valence-electron chi connectivity index (χ1n) is 7.33. The van der Waals surface area contributed by atoms with E-state index in [4.69, 9.17) is 5.21 Å². The summed E-state index contributed by atoms with van der Waals surface area (Å²) in [7, 11) is 4.05. The highest BCUT2D eigenvalue weighted by molar-refractivity contribution is 5.97. The van der Waals surface area contributed by atoms with Crippen LogP contribution in [-0.4, -0.2) is 25.0 Å². The molecule has 0 unspecified atom stereocenters. The van der Waals surface area contributed by atoms with Crippen LogP contribution in [0.4, 0.5) is 5.69 Å². The third-order valence-electron chi connectivity index (χ3n) is 3.29. The van der Waals surface area contributed by atoms with Gasteiger partial charge in [0.05, 0.1) is 5.71 Å². The van der Waals surface area contributed by atoms with Gasteiger partial charge in [-0.25, -0.2) is 0 Å². The lowest BCUT2D eigenvalue weighted by Gasteiger charge is -2.11. The van der Waals surface area contributed by atoms with E-state index in [0.717, 1.165) is 24.1 Å². The Morgan fingerprint density at radius 2 is 1.85 bits per heavy atom. The van der Waals surface area contributed by atoms with E-state index >= 15 is 0 Å². The van der Waals surface area contributed by atoms with Crippen molar-refractivity contribution in [2.75, 3.05) is 19.0 Å². The maximum absolute atomic E-state index is 9.01. The van der Waals surface area contributed by atoms with Crippen molar-refractivity contribution in [3.8, 4) is 0 Å². The maximum atomic E-state index is 9.01. The minimum absolute atomic E-state index is 0.748. The molecule has 0 aliphatic heterocycles. The fraction of sp³-hybridized carbons (Fsp3) is 0.471. The molecule has 0 heterocycles. The molecule has 0 saturated carbocycles. The number of rotatable bonds is 8. The van der Waals surface area contributed by atoms with Crippen molar-refractivity contribution >= 4 is 17.5 Å². The molecule has 110 valence electrons. The van der Waals surface area contributed by atoms with Gasteiger partial charge in [0, 0.05) is 19.8 Å². The quantitative estimate of drug-likeness (QED) is 0.326. The van der Waals surface area contributed by atoms with E-state index in [-0.39, 0.29) is 0 Å². The summed E-state index contributed by atoms with van der Waals surface area (Å²) >= 11 is 0. The minimum atomic E-state index is 0.748. The summed E-state index contributed by atoms with van der Waals surface area (Å²) < 4.78 is 0. The fourth-order valence-electron chi connectivity index (χ4n) is 1.98. The Morgan fingerprint density at radius 3 is 2.40 bits per heavy atom. The highest BCUT2D eigenvalue weighted by Gasteiger charge is 1.97. The summed E-state index contributed by atoms with van der Waals surface area (Å²) in [6.07, 6.45) is 9.47. The molecule has 0 amide bonds. The van der Waals surface area contributed by atoms with Gasteiger partial charge in [-0.3, -0.25) is 0 Å².